The van der Waals surface area contributed by atoms with Gasteiger partial charge in [-0.05, 0) is 37.1 Å². The Balaban J connectivity index is 1.75. The third kappa shape index (κ3) is 3.19. The first-order valence-electron chi connectivity index (χ1n) is 7.59. The molecule has 0 saturated carbocycles. The predicted octanol–water partition coefficient (Wildman–Crippen LogP) is 2.71. The SMILES string of the molecule is CC1Cc2ccccc2N1CC(=O)Nc1ccccc1C(N)=S. The minimum Gasteiger partial charge on any atom is -0.389 e. The molecule has 0 saturated heterocycles. The van der Waals surface area contributed by atoms with Crippen molar-refractivity contribution in [2.24, 2.45) is 5.73 Å². The molecule has 23 heavy (non-hydrogen) atoms. The molecular weight excluding hydrogens is 306 g/mol. The molecule has 2 aromatic carbocycles. The van der Waals surface area contributed by atoms with Crippen LogP contribution in [0.15, 0.2) is 48.5 Å². The molecule has 0 fully saturated rings. The van der Waals surface area contributed by atoms with Crippen LogP contribution < -0.4 is 16.0 Å². The van der Waals surface area contributed by atoms with Crippen molar-refractivity contribution in [1.82, 2.24) is 0 Å². The second-order valence-electron chi connectivity index (χ2n) is 5.77. The summed E-state index contributed by atoms with van der Waals surface area (Å²) in [5.41, 5.74) is 9.48. The van der Waals surface area contributed by atoms with Crippen molar-refractivity contribution in [2.75, 3.05) is 16.8 Å². The van der Waals surface area contributed by atoms with Crippen LogP contribution in [0.5, 0.6) is 0 Å². The Morgan fingerprint density at radius 1 is 1.26 bits per heavy atom. The molecule has 1 aliphatic rings. The average Bonchev–Trinajstić information content (AvgIpc) is 2.83. The van der Waals surface area contributed by atoms with Crippen LogP contribution >= 0.6 is 12.2 Å². The molecule has 0 aromatic heterocycles. The minimum absolute atomic E-state index is 0.0720. The summed E-state index contributed by atoms with van der Waals surface area (Å²) in [5, 5.41) is 2.92. The fraction of sp³-hybridized carbons (Fsp3) is 0.222. The lowest BCUT2D eigenvalue weighted by Crippen LogP contribution is -2.37. The molecule has 0 spiro atoms. The van der Waals surface area contributed by atoms with E-state index in [9.17, 15) is 4.79 Å². The highest BCUT2D eigenvalue weighted by Gasteiger charge is 2.27. The molecule has 0 radical (unpaired) electrons. The van der Waals surface area contributed by atoms with Crippen LogP contribution in [-0.2, 0) is 11.2 Å². The van der Waals surface area contributed by atoms with Gasteiger partial charge in [-0.3, -0.25) is 4.79 Å². The van der Waals surface area contributed by atoms with Gasteiger partial charge in [-0.15, -0.1) is 0 Å². The third-order valence-electron chi connectivity index (χ3n) is 4.13. The minimum atomic E-state index is -0.0720. The second-order valence-corrected chi connectivity index (χ2v) is 6.21. The van der Waals surface area contributed by atoms with Gasteiger partial charge in [-0.2, -0.15) is 0 Å². The molecule has 118 valence electrons. The summed E-state index contributed by atoms with van der Waals surface area (Å²) >= 11 is 5.03. The zero-order valence-electron chi connectivity index (χ0n) is 13.0. The summed E-state index contributed by atoms with van der Waals surface area (Å²) in [6.45, 7) is 2.44. The lowest BCUT2D eigenvalue weighted by atomic mass is 10.1. The largest absolute Gasteiger partial charge is 0.389 e. The molecule has 3 rings (SSSR count). The van der Waals surface area contributed by atoms with Crippen LogP contribution in [0.25, 0.3) is 0 Å². The summed E-state index contributed by atoms with van der Waals surface area (Å²) in [7, 11) is 0. The van der Waals surface area contributed by atoms with E-state index in [1.165, 1.54) is 5.56 Å². The number of para-hydroxylation sites is 2. The highest BCUT2D eigenvalue weighted by Crippen LogP contribution is 2.31. The maximum Gasteiger partial charge on any atom is 0.243 e. The predicted molar refractivity (Wildman–Crippen MR) is 97.9 cm³/mol. The molecule has 1 unspecified atom stereocenters. The van der Waals surface area contributed by atoms with E-state index in [0.717, 1.165) is 12.1 Å². The third-order valence-corrected chi connectivity index (χ3v) is 4.35. The number of fused-ring (bicyclic) bond motifs is 1. The number of anilines is 2. The Bertz CT molecular complexity index is 759. The zero-order valence-corrected chi connectivity index (χ0v) is 13.8. The topological polar surface area (TPSA) is 58.4 Å². The van der Waals surface area contributed by atoms with Gasteiger partial charge in [0.15, 0.2) is 0 Å². The van der Waals surface area contributed by atoms with Crippen LogP contribution in [0.4, 0.5) is 11.4 Å². The number of carbonyl (C=O) groups excluding carboxylic acids is 1. The van der Waals surface area contributed by atoms with E-state index in [2.05, 4.69) is 29.3 Å². The van der Waals surface area contributed by atoms with Gasteiger partial charge < -0.3 is 16.0 Å². The van der Waals surface area contributed by atoms with Crippen LogP contribution in [0.1, 0.15) is 18.1 Å². The van der Waals surface area contributed by atoms with E-state index in [1.54, 1.807) is 0 Å². The molecule has 3 N–H and O–H groups in total. The van der Waals surface area contributed by atoms with Gasteiger partial charge in [-0.1, -0.05) is 42.5 Å². The quantitative estimate of drug-likeness (QED) is 0.849. The van der Waals surface area contributed by atoms with Crippen molar-refractivity contribution in [3.63, 3.8) is 0 Å². The molecule has 1 aliphatic heterocycles. The molecular formula is C18H19N3OS. The Kier molecular flexibility index (Phi) is 4.30. The number of nitrogens with two attached hydrogens (primary N) is 1. The van der Waals surface area contributed by atoms with Crippen molar-refractivity contribution >= 4 is 34.5 Å². The maximum atomic E-state index is 12.5. The Hall–Kier alpha value is -2.40. The van der Waals surface area contributed by atoms with Gasteiger partial charge in [0.25, 0.3) is 0 Å². The number of amides is 1. The number of nitrogens with one attached hydrogen (secondary N) is 1. The zero-order chi connectivity index (χ0) is 16.4. The van der Waals surface area contributed by atoms with Crippen molar-refractivity contribution in [3.05, 3.63) is 59.7 Å². The number of hydrogen-bond acceptors (Lipinski definition) is 3. The highest BCUT2D eigenvalue weighted by atomic mass is 32.1. The van der Waals surface area contributed by atoms with Crippen LogP contribution in [-0.4, -0.2) is 23.5 Å². The van der Waals surface area contributed by atoms with Gasteiger partial charge in [0.1, 0.15) is 4.99 Å². The number of benzene rings is 2. The molecule has 2 aromatic rings. The Morgan fingerprint density at radius 2 is 1.96 bits per heavy atom. The summed E-state index contributed by atoms with van der Waals surface area (Å²) < 4.78 is 0. The lowest BCUT2D eigenvalue weighted by molar-refractivity contribution is -0.115. The first-order valence-corrected chi connectivity index (χ1v) is 8.00. The fourth-order valence-corrected chi connectivity index (χ4v) is 3.20. The first kappa shape index (κ1) is 15.5. The summed E-state index contributed by atoms with van der Waals surface area (Å²) in [6, 6.07) is 15.9. The van der Waals surface area contributed by atoms with E-state index < -0.39 is 0 Å². The molecule has 1 amide bonds. The number of thiocarbonyl (C=S) groups is 1. The van der Waals surface area contributed by atoms with E-state index in [0.29, 0.717) is 23.8 Å². The monoisotopic (exact) mass is 325 g/mol. The normalized spacial score (nSPS) is 16.0. The Labute approximate surface area is 141 Å². The van der Waals surface area contributed by atoms with Crippen LogP contribution in [0.3, 0.4) is 0 Å². The van der Waals surface area contributed by atoms with Crippen molar-refractivity contribution < 1.29 is 4.79 Å². The summed E-state index contributed by atoms with van der Waals surface area (Å²) in [5.74, 6) is -0.0720. The van der Waals surface area contributed by atoms with Gasteiger partial charge in [0, 0.05) is 17.3 Å². The van der Waals surface area contributed by atoms with Crippen molar-refractivity contribution in [1.29, 1.82) is 0 Å². The molecule has 4 nitrogen and oxygen atoms in total. The summed E-state index contributed by atoms with van der Waals surface area (Å²) in [4.78, 5) is 14.9. The molecule has 0 bridgehead atoms. The summed E-state index contributed by atoms with van der Waals surface area (Å²) in [6.07, 6.45) is 0.965. The molecule has 1 heterocycles. The number of nitrogens with zero attached hydrogens (tertiary/aromatic N) is 1. The van der Waals surface area contributed by atoms with Gasteiger partial charge in [0.2, 0.25) is 5.91 Å². The van der Waals surface area contributed by atoms with E-state index in [-0.39, 0.29) is 10.9 Å². The number of rotatable bonds is 4. The van der Waals surface area contributed by atoms with Crippen LogP contribution in [0, 0.1) is 0 Å². The van der Waals surface area contributed by atoms with Gasteiger partial charge >= 0.3 is 0 Å². The van der Waals surface area contributed by atoms with Gasteiger partial charge in [0.05, 0.1) is 12.2 Å². The van der Waals surface area contributed by atoms with E-state index in [4.69, 9.17) is 18.0 Å². The standard InChI is InChI=1S/C18H19N3OS/c1-12-10-13-6-2-5-9-16(13)21(12)11-17(22)20-15-8-4-3-7-14(15)18(19)23/h2-9,12H,10-11H2,1H3,(H2,19,23)(H,20,22). The first-order chi connectivity index (χ1) is 11.1. The van der Waals surface area contributed by atoms with Crippen LogP contribution in [0.2, 0.25) is 0 Å². The van der Waals surface area contributed by atoms with Crippen molar-refractivity contribution in [2.45, 2.75) is 19.4 Å². The highest BCUT2D eigenvalue weighted by molar-refractivity contribution is 7.80. The van der Waals surface area contributed by atoms with Crippen molar-refractivity contribution in [3.8, 4) is 0 Å². The molecule has 0 aliphatic carbocycles. The van der Waals surface area contributed by atoms with E-state index in [1.807, 2.05) is 36.4 Å². The van der Waals surface area contributed by atoms with E-state index >= 15 is 0 Å². The average molecular weight is 325 g/mol. The number of carbonyl (C=O) groups is 1. The number of hydrogen-bond donors (Lipinski definition) is 2. The maximum absolute atomic E-state index is 12.5. The smallest absolute Gasteiger partial charge is 0.243 e. The fourth-order valence-electron chi connectivity index (χ4n) is 3.02. The van der Waals surface area contributed by atoms with Gasteiger partial charge in [-0.25, -0.2) is 0 Å². The Morgan fingerprint density at radius 3 is 2.74 bits per heavy atom. The molecule has 1 atom stereocenters. The lowest BCUT2D eigenvalue weighted by Gasteiger charge is -2.24. The molecule has 5 heteroatoms. The second kappa shape index (κ2) is 6.38.